The third kappa shape index (κ3) is 1.37. The van der Waals surface area contributed by atoms with Crippen molar-refractivity contribution in [3.63, 3.8) is 0 Å². The van der Waals surface area contributed by atoms with E-state index in [0.29, 0.717) is 11.0 Å². The number of aromatic nitrogens is 2. The summed E-state index contributed by atoms with van der Waals surface area (Å²) in [6, 6.07) is 2.66. The lowest BCUT2D eigenvalue weighted by atomic mass is 10.2. The molecule has 2 rings (SSSR count). The van der Waals surface area contributed by atoms with Crippen LogP contribution in [0.4, 0.5) is 13.2 Å². The average Bonchev–Trinajstić information content (AvgIpc) is 2.47. The molecule has 0 aliphatic heterocycles. The Labute approximate surface area is 71.4 Å². The van der Waals surface area contributed by atoms with E-state index < -0.39 is 11.7 Å². The number of hydrogen-bond acceptors (Lipinski definition) is 1. The van der Waals surface area contributed by atoms with Gasteiger partial charge in [-0.25, -0.2) is 0 Å². The van der Waals surface area contributed by atoms with Crippen LogP contribution in [0.1, 0.15) is 5.56 Å². The first-order chi connectivity index (χ1) is 6.07. The molecule has 0 amide bonds. The van der Waals surface area contributed by atoms with Gasteiger partial charge in [0.2, 0.25) is 0 Å². The first-order valence-electron chi connectivity index (χ1n) is 3.58. The molecule has 0 aliphatic rings. The second kappa shape index (κ2) is 2.48. The number of H-pyrrole nitrogens is 1. The van der Waals surface area contributed by atoms with Crippen LogP contribution in [0.25, 0.3) is 11.0 Å². The molecule has 5 heteroatoms. The van der Waals surface area contributed by atoms with Crippen LogP contribution in [0.2, 0.25) is 0 Å². The molecule has 2 heterocycles. The van der Waals surface area contributed by atoms with Gasteiger partial charge in [-0.1, -0.05) is 0 Å². The van der Waals surface area contributed by atoms with Crippen molar-refractivity contribution in [1.29, 1.82) is 0 Å². The average molecular weight is 186 g/mol. The van der Waals surface area contributed by atoms with E-state index in [2.05, 4.69) is 9.97 Å². The van der Waals surface area contributed by atoms with Crippen LogP contribution in [-0.4, -0.2) is 9.97 Å². The summed E-state index contributed by atoms with van der Waals surface area (Å²) in [6.45, 7) is 0. The molecule has 0 bridgehead atoms. The highest BCUT2D eigenvalue weighted by Crippen LogP contribution is 2.29. The van der Waals surface area contributed by atoms with Gasteiger partial charge in [-0.05, 0) is 12.1 Å². The number of halogens is 3. The van der Waals surface area contributed by atoms with Crippen LogP contribution >= 0.6 is 0 Å². The van der Waals surface area contributed by atoms with E-state index in [-0.39, 0.29) is 0 Å². The van der Waals surface area contributed by atoms with Gasteiger partial charge in [-0.2, -0.15) is 13.2 Å². The first kappa shape index (κ1) is 8.10. The topological polar surface area (TPSA) is 28.7 Å². The highest BCUT2D eigenvalue weighted by molar-refractivity contribution is 5.75. The highest BCUT2D eigenvalue weighted by Gasteiger charge is 2.31. The standard InChI is InChI=1S/C8H5F3N2/c9-8(10,11)5-3-7-6(13-4-5)1-2-12-7/h1-4,12H. The Morgan fingerprint density at radius 2 is 2.08 bits per heavy atom. The van der Waals surface area contributed by atoms with Crippen LogP contribution in [0.3, 0.4) is 0 Å². The Balaban J connectivity index is 2.61. The highest BCUT2D eigenvalue weighted by atomic mass is 19.4. The van der Waals surface area contributed by atoms with Crippen LogP contribution in [-0.2, 0) is 6.18 Å². The van der Waals surface area contributed by atoms with Crippen LogP contribution in [0.5, 0.6) is 0 Å². The summed E-state index contributed by atoms with van der Waals surface area (Å²) in [7, 11) is 0. The van der Waals surface area contributed by atoms with Crippen molar-refractivity contribution in [2.75, 3.05) is 0 Å². The van der Waals surface area contributed by atoms with Crippen molar-refractivity contribution in [2.45, 2.75) is 6.18 Å². The van der Waals surface area contributed by atoms with Gasteiger partial charge in [-0.15, -0.1) is 0 Å². The molecule has 1 N–H and O–H groups in total. The maximum Gasteiger partial charge on any atom is 0.417 e. The van der Waals surface area contributed by atoms with E-state index in [4.69, 9.17) is 0 Å². The third-order valence-electron chi connectivity index (χ3n) is 1.73. The van der Waals surface area contributed by atoms with Gasteiger partial charge in [0.1, 0.15) is 0 Å². The smallest absolute Gasteiger partial charge is 0.360 e. The molecule has 0 unspecified atom stereocenters. The summed E-state index contributed by atoms with van der Waals surface area (Å²) in [4.78, 5) is 6.33. The molecule has 2 aromatic heterocycles. The molecule has 13 heavy (non-hydrogen) atoms. The second-order valence-electron chi connectivity index (χ2n) is 2.63. The van der Waals surface area contributed by atoms with Crippen molar-refractivity contribution >= 4 is 11.0 Å². The number of hydrogen-bond donors (Lipinski definition) is 1. The minimum absolute atomic E-state index is 0.398. The Hall–Kier alpha value is -1.52. The molecule has 2 nitrogen and oxygen atoms in total. The Morgan fingerprint density at radius 1 is 1.31 bits per heavy atom. The van der Waals surface area contributed by atoms with Crippen molar-refractivity contribution in [1.82, 2.24) is 9.97 Å². The van der Waals surface area contributed by atoms with Crippen molar-refractivity contribution in [3.05, 3.63) is 30.1 Å². The van der Waals surface area contributed by atoms with Crippen LogP contribution in [0.15, 0.2) is 24.5 Å². The lowest BCUT2D eigenvalue weighted by Crippen LogP contribution is -2.04. The van der Waals surface area contributed by atoms with Crippen molar-refractivity contribution in [3.8, 4) is 0 Å². The van der Waals surface area contributed by atoms with Gasteiger partial charge in [0.25, 0.3) is 0 Å². The fourth-order valence-electron chi connectivity index (χ4n) is 1.09. The predicted octanol–water partition coefficient (Wildman–Crippen LogP) is 2.58. The zero-order valence-electron chi connectivity index (χ0n) is 6.39. The monoisotopic (exact) mass is 186 g/mol. The number of aromatic amines is 1. The maximum absolute atomic E-state index is 12.2. The van der Waals surface area contributed by atoms with Crippen molar-refractivity contribution < 1.29 is 13.2 Å². The normalized spacial score (nSPS) is 12.2. The fourth-order valence-corrected chi connectivity index (χ4v) is 1.09. The van der Waals surface area contributed by atoms with E-state index in [1.807, 2.05) is 0 Å². The largest absolute Gasteiger partial charge is 0.417 e. The molecule has 0 fully saturated rings. The van der Waals surface area contributed by atoms with E-state index in [9.17, 15) is 13.2 Å². The van der Waals surface area contributed by atoms with E-state index in [0.717, 1.165) is 12.3 Å². The number of fused-ring (bicyclic) bond motifs is 1. The molecule has 68 valence electrons. The number of pyridine rings is 1. The molecular weight excluding hydrogens is 181 g/mol. The minimum atomic E-state index is -4.33. The number of alkyl halides is 3. The lowest BCUT2D eigenvalue weighted by molar-refractivity contribution is -0.137. The van der Waals surface area contributed by atoms with Gasteiger partial charge in [0.05, 0.1) is 16.6 Å². The summed E-state index contributed by atoms with van der Waals surface area (Å²) in [6.07, 6.45) is -1.94. The predicted molar refractivity (Wildman–Crippen MR) is 41.1 cm³/mol. The zero-order chi connectivity index (χ0) is 9.47. The third-order valence-corrected chi connectivity index (χ3v) is 1.73. The molecule has 0 aliphatic carbocycles. The lowest BCUT2D eigenvalue weighted by Gasteiger charge is -2.04. The van der Waals surface area contributed by atoms with Gasteiger partial charge in [0, 0.05) is 12.4 Å². The fraction of sp³-hybridized carbons (Fsp3) is 0.125. The van der Waals surface area contributed by atoms with Gasteiger partial charge < -0.3 is 4.98 Å². The molecule has 0 radical (unpaired) electrons. The van der Waals surface area contributed by atoms with Crippen LogP contribution in [0, 0.1) is 0 Å². The second-order valence-corrected chi connectivity index (χ2v) is 2.63. The summed E-state index contributed by atoms with van der Waals surface area (Å²) >= 11 is 0. The summed E-state index contributed by atoms with van der Waals surface area (Å²) in [5, 5.41) is 0. The quantitative estimate of drug-likeness (QED) is 0.673. The molecular formula is C8H5F3N2. The molecule has 2 aromatic rings. The molecule has 0 aromatic carbocycles. The van der Waals surface area contributed by atoms with Crippen molar-refractivity contribution in [2.24, 2.45) is 0 Å². The number of rotatable bonds is 0. The number of nitrogens with one attached hydrogen (secondary N) is 1. The minimum Gasteiger partial charge on any atom is -0.360 e. The molecule has 0 saturated heterocycles. The van der Waals surface area contributed by atoms with Gasteiger partial charge in [-0.3, -0.25) is 4.98 Å². The SMILES string of the molecule is FC(F)(F)c1cnc2cc[nH]c2c1. The summed E-state index contributed by atoms with van der Waals surface area (Å²) in [5.74, 6) is 0. The Morgan fingerprint density at radius 3 is 2.77 bits per heavy atom. The summed E-state index contributed by atoms with van der Waals surface area (Å²) in [5.41, 5.74) is 0.199. The van der Waals surface area contributed by atoms with Gasteiger partial charge >= 0.3 is 6.18 Å². The maximum atomic E-state index is 12.2. The van der Waals surface area contributed by atoms with E-state index in [1.165, 1.54) is 0 Å². The Kier molecular flexibility index (Phi) is 1.55. The zero-order valence-corrected chi connectivity index (χ0v) is 6.39. The Bertz CT molecular complexity index is 430. The van der Waals surface area contributed by atoms with Crippen LogP contribution < -0.4 is 0 Å². The first-order valence-corrected chi connectivity index (χ1v) is 3.58. The van der Waals surface area contributed by atoms with Gasteiger partial charge in [0.15, 0.2) is 0 Å². The molecule has 0 spiro atoms. The molecule has 0 atom stereocenters. The van der Waals surface area contributed by atoms with E-state index >= 15 is 0 Å². The summed E-state index contributed by atoms with van der Waals surface area (Å²) < 4.78 is 36.5. The van der Waals surface area contributed by atoms with E-state index in [1.54, 1.807) is 12.3 Å². The molecule has 0 saturated carbocycles. The number of nitrogens with zero attached hydrogens (tertiary/aromatic N) is 1.